The Morgan fingerprint density at radius 1 is 1.24 bits per heavy atom. The van der Waals surface area contributed by atoms with Crippen LogP contribution in [-0.2, 0) is 12.0 Å². The SMILES string of the molecule is OC1(c2cncnc2)CCc2cc(F)ccc21. The van der Waals surface area contributed by atoms with Crippen molar-refractivity contribution in [3.63, 3.8) is 0 Å². The molecule has 1 aromatic heterocycles. The first-order chi connectivity index (χ1) is 8.20. The van der Waals surface area contributed by atoms with Crippen LogP contribution in [0.4, 0.5) is 4.39 Å². The topological polar surface area (TPSA) is 46.0 Å². The van der Waals surface area contributed by atoms with Gasteiger partial charge in [-0.1, -0.05) is 6.07 Å². The van der Waals surface area contributed by atoms with Crippen LogP contribution in [0.1, 0.15) is 23.1 Å². The van der Waals surface area contributed by atoms with Crippen LogP contribution in [0.15, 0.2) is 36.9 Å². The van der Waals surface area contributed by atoms with Crippen molar-refractivity contribution >= 4 is 0 Å². The highest BCUT2D eigenvalue weighted by atomic mass is 19.1. The van der Waals surface area contributed by atoms with E-state index in [-0.39, 0.29) is 5.82 Å². The van der Waals surface area contributed by atoms with Gasteiger partial charge >= 0.3 is 0 Å². The summed E-state index contributed by atoms with van der Waals surface area (Å²) in [6, 6.07) is 4.50. The standard InChI is InChI=1S/C13H11FN2O/c14-11-1-2-12-9(5-11)3-4-13(12,17)10-6-15-8-16-7-10/h1-2,5-8,17H,3-4H2. The maximum Gasteiger partial charge on any atom is 0.123 e. The lowest BCUT2D eigenvalue weighted by atomic mass is 9.90. The first kappa shape index (κ1) is 10.4. The van der Waals surface area contributed by atoms with Gasteiger partial charge in [-0.2, -0.15) is 0 Å². The second-order valence-electron chi connectivity index (χ2n) is 4.29. The van der Waals surface area contributed by atoms with Crippen LogP contribution in [0.3, 0.4) is 0 Å². The minimum atomic E-state index is -1.08. The Labute approximate surface area is 98.0 Å². The van der Waals surface area contributed by atoms with E-state index in [9.17, 15) is 9.50 Å². The molecular weight excluding hydrogens is 219 g/mol. The summed E-state index contributed by atoms with van der Waals surface area (Å²) in [5, 5.41) is 10.7. The van der Waals surface area contributed by atoms with Crippen molar-refractivity contribution < 1.29 is 9.50 Å². The number of aryl methyl sites for hydroxylation is 1. The van der Waals surface area contributed by atoms with E-state index in [0.29, 0.717) is 18.4 Å². The molecule has 1 N–H and O–H groups in total. The number of benzene rings is 1. The predicted octanol–water partition coefficient (Wildman–Crippen LogP) is 1.80. The molecule has 0 fully saturated rings. The molecular formula is C13H11FN2O. The molecule has 3 rings (SSSR count). The Bertz CT molecular complexity index is 559. The molecule has 86 valence electrons. The molecule has 4 heteroatoms. The summed E-state index contributed by atoms with van der Waals surface area (Å²) in [5.74, 6) is -0.266. The molecule has 1 unspecified atom stereocenters. The van der Waals surface area contributed by atoms with Crippen LogP contribution in [0, 0.1) is 5.82 Å². The van der Waals surface area contributed by atoms with Crippen molar-refractivity contribution in [2.75, 3.05) is 0 Å². The summed E-state index contributed by atoms with van der Waals surface area (Å²) < 4.78 is 13.1. The third-order valence-electron chi connectivity index (χ3n) is 3.31. The largest absolute Gasteiger partial charge is 0.380 e. The van der Waals surface area contributed by atoms with E-state index in [2.05, 4.69) is 9.97 Å². The first-order valence-electron chi connectivity index (χ1n) is 5.47. The Kier molecular flexibility index (Phi) is 2.19. The second kappa shape index (κ2) is 3.60. The van der Waals surface area contributed by atoms with E-state index in [4.69, 9.17) is 0 Å². The minimum Gasteiger partial charge on any atom is -0.380 e. The summed E-state index contributed by atoms with van der Waals surface area (Å²) in [5.41, 5.74) is 1.19. The molecule has 0 amide bonds. The molecule has 0 spiro atoms. The van der Waals surface area contributed by atoms with Gasteiger partial charge in [-0.15, -0.1) is 0 Å². The third kappa shape index (κ3) is 1.52. The summed E-state index contributed by atoms with van der Waals surface area (Å²) >= 11 is 0. The van der Waals surface area contributed by atoms with Crippen LogP contribution in [0.2, 0.25) is 0 Å². The smallest absolute Gasteiger partial charge is 0.123 e. The number of hydrogen-bond acceptors (Lipinski definition) is 3. The van der Waals surface area contributed by atoms with Crippen molar-refractivity contribution in [1.82, 2.24) is 9.97 Å². The van der Waals surface area contributed by atoms with E-state index >= 15 is 0 Å². The molecule has 0 saturated carbocycles. The van der Waals surface area contributed by atoms with Crippen molar-refractivity contribution in [3.05, 3.63) is 59.4 Å². The number of rotatable bonds is 1. The highest BCUT2D eigenvalue weighted by Crippen LogP contribution is 2.41. The van der Waals surface area contributed by atoms with Crippen LogP contribution in [0.5, 0.6) is 0 Å². The predicted molar refractivity (Wildman–Crippen MR) is 59.8 cm³/mol. The van der Waals surface area contributed by atoms with E-state index in [1.165, 1.54) is 18.5 Å². The van der Waals surface area contributed by atoms with Crippen LogP contribution < -0.4 is 0 Å². The third-order valence-corrected chi connectivity index (χ3v) is 3.31. The molecule has 1 aromatic carbocycles. The summed E-state index contributed by atoms with van der Waals surface area (Å²) in [6.07, 6.45) is 5.84. The zero-order chi connectivity index (χ0) is 11.9. The molecule has 0 saturated heterocycles. The van der Waals surface area contributed by atoms with Gasteiger partial charge in [0.1, 0.15) is 17.7 Å². The summed E-state index contributed by atoms with van der Waals surface area (Å²) in [7, 11) is 0. The fraction of sp³-hybridized carbons (Fsp3) is 0.231. The summed E-state index contributed by atoms with van der Waals surface area (Å²) in [6.45, 7) is 0. The fourth-order valence-electron chi connectivity index (χ4n) is 2.44. The molecule has 1 aliphatic carbocycles. The number of hydrogen-bond donors (Lipinski definition) is 1. The van der Waals surface area contributed by atoms with Gasteiger partial charge in [-0.25, -0.2) is 14.4 Å². The van der Waals surface area contributed by atoms with Crippen LogP contribution in [0.25, 0.3) is 0 Å². The average Bonchev–Trinajstić information content (AvgIpc) is 2.69. The Morgan fingerprint density at radius 3 is 2.76 bits per heavy atom. The lowest BCUT2D eigenvalue weighted by Crippen LogP contribution is -2.24. The molecule has 0 bridgehead atoms. The van der Waals surface area contributed by atoms with Crippen LogP contribution >= 0.6 is 0 Å². The van der Waals surface area contributed by atoms with Gasteiger partial charge in [0.05, 0.1) is 0 Å². The Balaban J connectivity index is 2.14. The number of fused-ring (bicyclic) bond motifs is 1. The quantitative estimate of drug-likeness (QED) is 0.812. The average molecular weight is 230 g/mol. The summed E-state index contributed by atoms with van der Waals surface area (Å²) in [4.78, 5) is 7.84. The number of aromatic nitrogens is 2. The number of halogens is 1. The Hall–Kier alpha value is -1.81. The normalized spacial score (nSPS) is 22.5. The minimum absolute atomic E-state index is 0.266. The van der Waals surface area contributed by atoms with Gasteiger partial charge in [0, 0.05) is 18.0 Å². The molecule has 17 heavy (non-hydrogen) atoms. The molecule has 0 aliphatic heterocycles. The fourth-order valence-corrected chi connectivity index (χ4v) is 2.44. The van der Waals surface area contributed by atoms with Crippen LogP contribution in [-0.4, -0.2) is 15.1 Å². The van der Waals surface area contributed by atoms with Crippen molar-refractivity contribution in [2.45, 2.75) is 18.4 Å². The van der Waals surface area contributed by atoms with Gasteiger partial charge in [0.15, 0.2) is 0 Å². The molecule has 1 atom stereocenters. The van der Waals surface area contributed by atoms with Crippen molar-refractivity contribution in [2.24, 2.45) is 0 Å². The second-order valence-corrected chi connectivity index (χ2v) is 4.29. The highest BCUT2D eigenvalue weighted by molar-refractivity contribution is 5.44. The lowest BCUT2D eigenvalue weighted by molar-refractivity contribution is 0.0821. The van der Waals surface area contributed by atoms with Gasteiger partial charge < -0.3 is 5.11 Å². The Morgan fingerprint density at radius 2 is 2.00 bits per heavy atom. The van der Waals surface area contributed by atoms with Gasteiger partial charge in [0.25, 0.3) is 0 Å². The monoisotopic (exact) mass is 230 g/mol. The lowest BCUT2D eigenvalue weighted by Gasteiger charge is -2.23. The van der Waals surface area contributed by atoms with Gasteiger partial charge in [-0.3, -0.25) is 0 Å². The van der Waals surface area contributed by atoms with E-state index < -0.39 is 5.60 Å². The van der Waals surface area contributed by atoms with Gasteiger partial charge in [-0.05, 0) is 36.1 Å². The highest BCUT2D eigenvalue weighted by Gasteiger charge is 2.38. The molecule has 3 nitrogen and oxygen atoms in total. The van der Waals surface area contributed by atoms with E-state index in [1.807, 2.05) is 0 Å². The van der Waals surface area contributed by atoms with E-state index in [0.717, 1.165) is 11.1 Å². The molecule has 0 radical (unpaired) electrons. The van der Waals surface area contributed by atoms with Crippen molar-refractivity contribution in [3.8, 4) is 0 Å². The maximum absolute atomic E-state index is 13.1. The van der Waals surface area contributed by atoms with E-state index in [1.54, 1.807) is 18.5 Å². The maximum atomic E-state index is 13.1. The molecule has 1 aliphatic rings. The number of aliphatic hydroxyl groups is 1. The van der Waals surface area contributed by atoms with Gasteiger partial charge in [0.2, 0.25) is 0 Å². The zero-order valence-corrected chi connectivity index (χ0v) is 9.10. The molecule has 2 aromatic rings. The first-order valence-corrected chi connectivity index (χ1v) is 5.47. The number of nitrogens with zero attached hydrogens (tertiary/aromatic N) is 2. The van der Waals surface area contributed by atoms with Crippen molar-refractivity contribution in [1.29, 1.82) is 0 Å². The molecule has 1 heterocycles. The zero-order valence-electron chi connectivity index (χ0n) is 9.10.